The van der Waals surface area contributed by atoms with Gasteiger partial charge in [-0.1, -0.05) is 48.5 Å². The van der Waals surface area contributed by atoms with Gasteiger partial charge in [0, 0.05) is 24.5 Å². The molecule has 0 radical (unpaired) electrons. The van der Waals surface area contributed by atoms with Gasteiger partial charge in [-0.2, -0.15) is 5.10 Å². The molecule has 0 bridgehead atoms. The van der Waals surface area contributed by atoms with Crippen LogP contribution in [0, 0.1) is 0 Å². The van der Waals surface area contributed by atoms with Crippen molar-refractivity contribution in [2.75, 3.05) is 6.61 Å². The van der Waals surface area contributed by atoms with E-state index in [2.05, 4.69) is 29.4 Å². The zero-order chi connectivity index (χ0) is 16.4. The summed E-state index contributed by atoms with van der Waals surface area (Å²) in [5.74, 6) is 1.00. The first kappa shape index (κ1) is 15.0. The van der Waals surface area contributed by atoms with Crippen molar-refractivity contribution in [2.24, 2.45) is 0 Å². The second-order valence-corrected chi connectivity index (χ2v) is 5.85. The number of nitrogens with zero attached hydrogens (tertiary/aromatic N) is 2. The summed E-state index contributed by atoms with van der Waals surface area (Å²) < 4.78 is 13.8. The van der Waals surface area contributed by atoms with Gasteiger partial charge < -0.3 is 9.47 Å². The highest BCUT2D eigenvalue weighted by molar-refractivity contribution is 5.44. The minimum absolute atomic E-state index is 0.226. The summed E-state index contributed by atoms with van der Waals surface area (Å²) in [6.07, 6.45) is 2.46. The normalized spacial score (nSPS) is 19.5. The fourth-order valence-electron chi connectivity index (χ4n) is 3.24. The van der Waals surface area contributed by atoms with Crippen LogP contribution in [-0.4, -0.2) is 22.7 Å². The topological polar surface area (TPSA) is 36.3 Å². The van der Waals surface area contributed by atoms with Crippen molar-refractivity contribution in [1.82, 2.24) is 9.78 Å². The number of benzene rings is 2. The molecule has 0 unspecified atom stereocenters. The first-order chi connectivity index (χ1) is 11.9. The van der Waals surface area contributed by atoms with Gasteiger partial charge in [-0.05, 0) is 24.6 Å². The predicted molar refractivity (Wildman–Crippen MR) is 92.5 cm³/mol. The predicted octanol–water partition coefficient (Wildman–Crippen LogP) is 4.15. The number of rotatable bonds is 4. The molecule has 2 heterocycles. The fraction of sp³-hybridized carbons (Fsp3) is 0.250. The number of fused-ring (bicyclic) bond motifs is 1. The molecule has 1 aliphatic rings. The summed E-state index contributed by atoms with van der Waals surface area (Å²) in [5, 5.41) is 4.57. The quantitative estimate of drug-likeness (QED) is 0.724. The summed E-state index contributed by atoms with van der Waals surface area (Å²) >= 11 is 0. The van der Waals surface area contributed by atoms with E-state index in [1.807, 2.05) is 54.2 Å². The van der Waals surface area contributed by atoms with Crippen molar-refractivity contribution in [1.29, 1.82) is 0 Å². The molecule has 0 saturated heterocycles. The Morgan fingerprint density at radius 3 is 2.50 bits per heavy atom. The van der Waals surface area contributed by atoms with Crippen molar-refractivity contribution in [3.8, 4) is 11.6 Å². The molecule has 24 heavy (non-hydrogen) atoms. The van der Waals surface area contributed by atoms with Crippen LogP contribution < -0.4 is 4.74 Å². The van der Waals surface area contributed by atoms with Gasteiger partial charge in [-0.15, -0.1) is 0 Å². The van der Waals surface area contributed by atoms with E-state index in [0.29, 0.717) is 6.61 Å². The zero-order valence-corrected chi connectivity index (χ0v) is 13.6. The van der Waals surface area contributed by atoms with Gasteiger partial charge in [0.25, 0.3) is 0 Å². The lowest BCUT2D eigenvalue weighted by atomic mass is 9.88. The minimum Gasteiger partial charge on any atom is -0.447 e. The zero-order valence-electron chi connectivity index (χ0n) is 13.6. The lowest BCUT2D eigenvalue weighted by Crippen LogP contribution is -2.29. The second kappa shape index (κ2) is 6.49. The molecule has 0 saturated carbocycles. The summed E-state index contributed by atoms with van der Waals surface area (Å²) in [6.45, 7) is 2.62. The second-order valence-electron chi connectivity index (χ2n) is 5.85. The van der Waals surface area contributed by atoms with Gasteiger partial charge in [-0.3, -0.25) is 0 Å². The van der Waals surface area contributed by atoms with E-state index in [0.717, 1.165) is 23.6 Å². The van der Waals surface area contributed by atoms with Crippen LogP contribution in [0.25, 0.3) is 5.69 Å². The first-order valence-electron chi connectivity index (χ1n) is 8.33. The lowest BCUT2D eigenvalue weighted by Gasteiger charge is -2.30. The third-order valence-corrected chi connectivity index (χ3v) is 4.35. The Kier molecular flexibility index (Phi) is 4.05. The molecule has 2 aromatic carbocycles. The average molecular weight is 320 g/mol. The third-order valence-electron chi connectivity index (χ3n) is 4.35. The van der Waals surface area contributed by atoms with Gasteiger partial charge in [-0.25, -0.2) is 4.68 Å². The van der Waals surface area contributed by atoms with Crippen LogP contribution >= 0.6 is 0 Å². The van der Waals surface area contributed by atoms with Gasteiger partial charge in [0.15, 0.2) is 0 Å². The number of para-hydroxylation sites is 1. The summed E-state index contributed by atoms with van der Waals surface area (Å²) in [5.41, 5.74) is 3.36. The Balaban J connectivity index is 1.79. The number of ether oxygens (including phenoxy) is 2. The SMILES string of the molecule is CCO[C@@H]1C[C@@H](c2ccccc2)c2cnn(-c3ccccc3)c2O1. The summed E-state index contributed by atoms with van der Waals surface area (Å²) in [7, 11) is 0. The maximum atomic E-state index is 6.13. The van der Waals surface area contributed by atoms with E-state index in [-0.39, 0.29) is 12.2 Å². The fourth-order valence-corrected chi connectivity index (χ4v) is 3.24. The van der Waals surface area contributed by atoms with E-state index in [9.17, 15) is 0 Å². The van der Waals surface area contributed by atoms with Crippen LogP contribution in [0.5, 0.6) is 5.88 Å². The monoisotopic (exact) mass is 320 g/mol. The van der Waals surface area contributed by atoms with Gasteiger partial charge in [0.05, 0.1) is 11.9 Å². The smallest absolute Gasteiger partial charge is 0.222 e. The Bertz CT molecular complexity index is 799. The maximum Gasteiger partial charge on any atom is 0.222 e. The van der Waals surface area contributed by atoms with E-state index < -0.39 is 0 Å². The van der Waals surface area contributed by atoms with Crippen molar-refractivity contribution >= 4 is 0 Å². The molecule has 0 spiro atoms. The maximum absolute atomic E-state index is 6.13. The Hall–Kier alpha value is -2.59. The Morgan fingerprint density at radius 1 is 1.08 bits per heavy atom. The van der Waals surface area contributed by atoms with E-state index in [1.165, 1.54) is 5.56 Å². The summed E-state index contributed by atoms with van der Waals surface area (Å²) in [4.78, 5) is 0. The van der Waals surface area contributed by atoms with Gasteiger partial charge in [0.2, 0.25) is 12.2 Å². The van der Waals surface area contributed by atoms with Crippen LogP contribution in [0.4, 0.5) is 0 Å². The highest BCUT2D eigenvalue weighted by atomic mass is 16.7. The molecule has 1 aliphatic heterocycles. The largest absolute Gasteiger partial charge is 0.447 e. The number of hydrogen-bond acceptors (Lipinski definition) is 3. The van der Waals surface area contributed by atoms with Crippen molar-refractivity contribution in [3.63, 3.8) is 0 Å². The molecule has 0 fully saturated rings. The van der Waals surface area contributed by atoms with Crippen LogP contribution in [0.2, 0.25) is 0 Å². The van der Waals surface area contributed by atoms with Crippen molar-refractivity contribution in [2.45, 2.75) is 25.6 Å². The molecule has 1 aromatic heterocycles. The van der Waals surface area contributed by atoms with Crippen LogP contribution in [0.1, 0.15) is 30.4 Å². The van der Waals surface area contributed by atoms with Crippen LogP contribution in [-0.2, 0) is 4.74 Å². The molecule has 0 amide bonds. The molecule has 4 rings (SSSR count). The van der Waals surface area contributed by atoms with Crippen molar-refractivity contribution < 1.29 is 9.47 Å². The Labute approximate surface area is 141 Å². The summed E-state index contributed by atoms with van der Waals surface area (Å²) in [6, 6.07) is 20.5. The Morgan fingerprint density at radius 2 is 1.79 bits per heavy atom. The lowest BCUT2D eigenvalue weighted by molar-refractivity contribution is -0.0926. The van der Waals surface area contributed by atoms with Crippen molar-refractivity contribution in [3.05, 3.63) is 78.0 Å². The average Bonchev–Trinajstić information content (AvgIpc) is 3.07. The van der Waals surface area contributed by atoms with E-state index in [1.54, 1.807) is 0 Å². The first-order valence-corrected chi connectivity index (χ1v) is 8.33. The van der Waals surface area contributed by atoms with Gasteiger partial charge >= 0.3 is 0 Å². The van der Waals surface area contributed by atoms with Gasteiger partial charge in [0.1, 0.15) is 0 Å². The molecule has 3 aromatic rings. The molecule has 122 valence electrons. The highest BCUT2D eigenvalue weighted by Gasteiger charge is 2.33. The molecule has 0 N–H and O–H groups in total. The molecule has 4 heteroatoms. The van der Waals surface area contributed by atoms with E-state index >= 15 is 0 Å². The number of hydrogen-bond donors (Lipinski definition) is 0. The number of aromatic nitrogens is 2. The molecular formula is C20H20N2O2. The molecule has 4 nitrogen and oxygen atoms in total. The molecular weight excluding hydrogens is 300 g/mol. The molecule has 0 aliphatic carbocycles. The highest BCUT2D eigenvalue weighted by Crippen LogP contribution is 2.41. The van der Waals surface area contributed by atoms with Crippen LogP contribution in [0.15, 0.2) is 66.9 Å². The van der Waals surface area contributed by atoms with Crippen LogP contribution in [0.3, 0.4) is 0 Å². The standard InChI is InChI=1S/C20H20N2O2/c1-2-23-19-13-17(15-9-5-3-6-10-15)18-14-21-22(20(18)24-19)16-11-7-4-8-12-16/h3-12,14,17,19H,2,13H2,1H3/t17-,19-/m0/s1. The van der Waals surface area contributed by atoms with E-state index in [4.69, 9.17) is 9.47 Å². The molecule has 2 atom stereocenters. The third kappa shape index (κ3) is 2.69. The minimum atomic E-state index is -0.258.